The molecule has 7 nitrogen and oxygen atoms in total. The van der Waals surface area contributed by atoms with Crippen LogP contribution in [-0.4, -0.2) is 28.9 Å². The average molecular weight is 379 g/mol. The molecule has 0 aliphatic rings. The van der Waals surface area contributed by atoms with E-state index in [1.165, 1.54) is 13.8 Å². The minimum Gasteiger partial charge on any atom is -0.452 e. The Bertz CT molecular complexity index is 1010. The third kappa shape index (κ3) is 4.76. The number of amides is 2. The molecule has 0 aliphatic carbocycles. The van der Waals surface area contributed by atoms with Crippen LogP contribution in [0.4, 0.5) is 11.4 Å². The number of carbonyl (C=O) groups excluding carboxylic acids is 3. The summed E-state index contributed by atoms with van der Waals surface area (Å²) in [5.74, 6) is -1.08. The van der Waals surface area contributed by atoms with Gasteiger partial charge in [0.1, 0.15) is 0 Å². The quantitative estimate of drug-likeness (QED) is 0.573. The maximum absolute atomic E-state index is 12.3. The van der Waals surface area contributed by atoms with Crippen LogP contribution >= 0.6 is 0 Å². The van der Waals surface area contributed by atoms with Gasteiger partial charge >= 0.3 is 5.97 Å². The maximum atomic E-state index is 12.3. The highest BCUT2D eigenvalue weighted by Gasteiger charge is 2.19. The van der Waals surface area contributed by atoms with Gasteiger partial charge in [0.2, 0.25) is 5.91 Å². The molecule has 1 aromatic heterocycles. The number of H-pyrrole nitrogens is 1. The molecule has 2 aromatic carbocycles. The van der Waals surface area contributed by atoms with Gasteiger partial charge in [0, 0.05) is 35.4 Å². The first-order valence-corrected chi connectivity index (χ1v) is 8.85. The van der Waals surface area contributed by atoms with Gasteiger partial charge in [0.05, 0.1) is 6.42 Å². The number of hydrogen-bond donors (Lipinski definition) is 3. The van der Waals surface area contributed by atoms with E-state index in [9.17, 15) is 14.4 Å². The molecule has 3 aromatic rings. The predicted octanol–water partition coefficient (Wildman–Crippen LogP) is 3.24. The van der Waals surface area contributed by atoms with Gasteiger partial charge in [-0.05, 0) is 42.8 Å². The van der Waals surface area contributed by atoms with Crippen LogP contribution in [0.1, 0.15) is 19.4 Å². The maximum Gasteiger partial charge on any atom is 0.311 e. The van der Waals surface area contributed by atoms with Crippen molar-refractivity contribution in [1.29, 1.82) is 0 Å². The number of para-hydroxylation sites is 1. The second kappa shape index (κ2) is 8.39. The van der Waals surface area contributed by atoms with Gasteiger partial charge < -0.3 is 20.4 Å². The summed E-state index contributed by atoms with van der Waals surface area (Å²) >= 11 is 0. The van der Waals surface area contributed by atoms with E-state index in [1.807, 2.05) is 24.3 Å². The predicted molar refractivity (Wildman–Crippen MR) is 107 cm³/mol. The van der Waals surface area contributed by atoms with E-state index in [0.29, 0.717) is 11.4 Å². The number of rotatable bonds is 6. The normalized spacial score (nSPS) is 11.6. The van der Waals surface area contributed by atoms with Crippen molar-refractivity contribution in [3.63, 3.8) is 0 Å². The molecule has 0 spiro atoms. The van der Waals surface area contributed by atoms with E-state index < -0.39 is 18.0 Å². The van der Waals surface area contributed by atoms with Crippen molar-refractivity contribution in [1.82, 2.24) is 4.98 Å². The van der Waals surface area contributed by atoms with E-state index in [2.05, 4.69) is 15.6 Å². The Morgan fingerprint density at radius 3 is 2.32 bits per heavy atom. The smallest absolute Gasteiger partial charge is 0.311 e. The van der Waals surface area contributed by atoms with Crippen molar-refractivity contribution in [2.24, 2.45) is 0 Å². The standard InChI is InChI=1S/C21H21N3O4/c1-13(21(27)24-17-9-7-16(8-10-17)23-14(2)25)28-20(26)11-15-12-22-19-6-4-3-5-18(15)19/h3-10,12-13,22H,11H2,1-2H3,(H,23,25)(H,24,27)/t13-/m1/s1. The Labute approximate surface area is 162 Å². The Hall–Kier alpha value is -3.61. The van der Waals surface area contributed by atoms with Gasteiger partial charge in [0.25, 0.3) is 5.91 Å². The largest absolute Gasteiger partial charge is 0.452 e. The van der Waals surface area contributed by atoms with Crippen LogP contribution in [0.25, 0.3) is 10.9 Å². The lowest BCUT2D eigenvalue weighted by Crippen LogP contribution is -2.30. The van der Waals surface area contributed by atoms with E-state index in [4.69, 9.17) is 4.74 Å². The monoisotopic (exact) mass is 379 g/mol. The molecule has 1 heterocycles. The minimum absolute atomic E-state index is 0.0764. The molecule has 0 radical (unpaired) electrons. The van der Waals surface area contributed by atoms with Crippen LogP contribution in [0, 0.1) is 0 Å². The molecule has 3 rings (SSSR count). The van der Waals surface area contributed by atoms with E-state index in [1.54, 1.807) is 30.5 Å². The van der Waals surface area contributed by atoms with Crippen molar-refractivity contribution < 1.29 is 19.1 Å². The lowest BCUT2D eigenvalue weighted by molar-refractivity contribution is -0.152. The Balaban J connectivity index is 1.54. The number of ether oxygens (including phenoxy) is 1. The number of nitrogens with one attached hydrogen (secondary N) is 3. The number of anilines is 2. The SMILES string of the molecule is CC(=O)Nc1ccc(NC(=O)[C@@H](C)OC(=O)Cc2c[nH]c3ccccc23)cc1. The van der Waals surface area contributed by atoms with Gasteiger partial charge in [0.15, 0.2) is 6.10 Å². The molecule has 2 amide bonds. The zero-order chi connectivity index (χ0) is 20.1. The number of esters is 1. The highest BCUT2D eigenvalue weighted by molar-refractivity contribution is 5.96. The highest BCUT2D eigenvalue weighted by atomic mass is 16.5. The van der Waals surface area contributed by atoms with Crippen molar-refractivity contribution >= 4 is 40.1 Å². The van der Waals surface area contributed by atoms with Gasteiger partial charge in [-0.15, -0.1) is 0 Å². The second-order valence-electron chi connectivity index (χ2n) is 6.42. The molecule has 3 N–H and O–H groups in total. The average Bonchev–Trinajstić information content (AvgIpc) is 3.05. The number of aromatic nitrogens is 1. The van der Waals surface area contributed by atoms with Crippen LogP contribution in [0.15, 0.2) is 54.7 Å². The van der Waals surface area contributed by atoms with Crippen molar-refractivity contribution in [3.8, 4) is 0 Å². The number of carbonyl (C=O) groups is 3. The van der Waals surface area contributed by atoms with E-state index >= 15 is 0 Å². The Morgan fingerprint density at radius 2 is 1.64 bits per heavy atom. The zero-order valence-electron chi connectivity index (χ0n) is 15.6. The van der Waals surface area contributed by atoms with E-state index in [0.717, 1.165) is 16.5 Å². The summed E-state index contributed by atoms with van der Waals surface area (Å²) in [5.41, 5.74) is 2.93. The summed E-state index contributed by atoms with van der Waals surface area (Å²) in [6.07, 6.45) is 0.910. The molecule has 7 heteroatoms. The summed E-state index contributed by atoms with van der Waals surface area (Å²) in [6.45, 7) is 2.94. The first-order valence-electron chi connectivity index (χ1n) is 8.85. The fourth-order valence-corrected chi connectivity index (χ4v) is 2.81. The molecular formula is C21H21N3O4. The van der Waals surface area contributed by atoms with E-state index in [-0.39, 0.29) is 12.3 Å². The van der Waals surface area contributed by atoms with Gasteiger partial charge in [-0.2, -0.15) is 0 Å². The van der Waals surface area contributed by atoms with Crippen molar-refractivity contribution in [3.05, 3.63) is 60.3 Å². The number of benzene rings is 2. The summed E-state index contributed by atoms with van der Waals surface area (Å²) in [5, 5.41) is 6.28. The summed E-state index contributed by atoms with van der Waals surface area (Å²) in [6, 6.07) is 14.3. The Morgan fingerprint density at radius 1 is 1.00 bits per heavy atom. The number of aromatic amines is 1. The first kappa shape index (κ1) is 19.2. The van der Waals surface area contributed by atoms with Crippen LogP contribution < -0.4 is 10.6 Å². The van der Waals surface area contributed by atoms with Crippen LogP contribution in [-0.2, 0) is 25.5 Å². The van der Waals surface area contributed by atoms with Gasteiger partial charge in [-0.25, -0.2) is 0 Å². The lowest BCUT2D eigenvalue weighted by Gasteiger charge is -2.14. The minimum atomic E-state index is -0.937. The molecule has 0 unspecified atom stereocenters. The number of hydrogen-bond acceptors (Lipinski definition) is 4. The summed E-state index contributed by atoms with van der Waals surface area (Å²) in [7, 11) is 0. The molecule has 0 saturated carbocycles. The van der Waals surface area contributed by atoms with Crippen LogP contribution in [0.3, 0.4) is 0 Å². The van der Waals surface area contributed by atoms with Crippen LogP contribution in [0.5, 0.6) is 0 Å². The molecular weight excluding hydrogens is 358 g/mol. The zero-order valence-corrected chi connectivity index (χ0v) is 15.6. The second-order valence-corrected chi connectivity index (χ2v) is 6.42. The fraction of sp³-hybridized carbons (Fsp3) is 0.190. The summed E-state index contributed by atoms with van der Waals surface area (Å²) in [4.78, 5) is 38.6. The van der Waals surface area contributed by atoms with Gasteiger partial charge in [-0.3, -0.25) is 14.4 Å². The van der Waals surface area contributed by atoms with Crippen molar-refractivity contribution in [2.45, 2.75) is 26.4 Å². The molecule has 144 valence electrons. The fourth-order valence-electron chi connectivity index (χ4n) is 2.81. The van der Waals surface area contributed by atoms with Crippen molar-refractivity contribution in [2.75, 3.05) is 10.6 Å². The van der Waals surface area contributed by atoms with Gasteiger partial charge in [-0.1, -0.05) is 18.2 Å². The molecule has 0 saturated heterocycles. The molecule has 0 fully saturated rings. The lowest BCUT2D eigenvalue weighted by atomic mass is 10.1. The topological polar surface area (TPSA) is 100 Å². The Kier molecular flexibility index (Phi) is 5.74. The first-order chi connectivity index (χ1) is 13.4. The highest BCUT2D eigenvalue weighted by Crippen LogP contribution is 2.19. The third-order valence-corrected chi connectivity index (χ3v) is 4.16. The molecule has 1 atom stereocenters. The third-order valence-electron chi connectivity index (χ3n) is 4.16. The molecule has 28 heavy (non-hydrogen) atoms. The molecule has 0 bridgehead atoms. The van der Waals surface area contributed by atoms with Crippen LogP contribution in [0.2, 0.25) is 0 Å². The molecule has 0 aliphatic heterocycles. The summed E-state index contributed by atoms with van der Waals surface area (Å²) < 4.78 is 5.26. The number of fused-ring (bicyclic) bond motifs is 1.